The zero-order chi connectivity index (χ0) is 13.8. The summed E-state index contributed by atoms with van der Waals surface area (Å²) < 4.78 is 1.00. The maximum Gasteiger partial charge on any atom is 0.0759 e. The number of anilines is 1. The summed E-state index contributed by atoms with van der Waals surface area (Å²) in [6.07, 6.45) is 0. The van der Waals surface area contributed by atoms with Crippen LogP contribution in [0.5, 0.6) is 0 Å². The van der Waals surface area contributed by atoms with E-state index in [1.54, 1.807) is 12.1 Å². The molecule has 1 unspecified atom stereocenters. The Hall–Kier alpha value is -0.740. The number of hydrogen-bond acceptors (Lipinski definition) is 2. The lowest BCUT2D eigenvalue weighted by molar-refractivity contribution is 0.276. The summed E-state index contributed by atoms with van der Waals surface area (Å²) in [6, 6.07) is 12.7. The quantitative estimate of drug-likeness (QED) is 0.812. The summed E-state index contributed by atoms with van der Waals surface area (Å²) in [4.78, 5) is 0. The van der Waals surface area contributed by atoms with Gasteiger partial charge in [-0.25, -0.2) is 0 Å². The number of nitrogens with one attached hydrogen (secondary N) is 1. The third kappa shape index (κ3) is 3.86. The molecular weight excluding hydrogens is 349 g/mol. The van der Waals surface area contributed by atoms with Gasteiger partial charge in [0, 0.05) is 20.2 Å². The van der Waals surface area contributed by atoms with Crippen molar-refractivity contribution < 1.29 is 5.11 Å². The van der Waals surface area contributed by atoms with Crippen LogP contribution in [-0.2, 0) is 0 Å². The maximum absolute atomic E-state index is 9.53. The van der Waals surface area contributed by atoms with Crippen molar-refractivity contribution in [2.45, 2.75) is 6.04 Å². The summed E-state index contributed by atoms with van der Waals surface area (Å²) in [6.45, 7) is -0.0581. The summed E-state index contributed by atoms with van der Waals surface area (Å²) in [5.41, 5.74) is 1.73. The predicted molar refractivity (Wildman–Crippen MR) is 84.1 cm³/mol. The molecule has 2 aromatic rings. The van der Waals surface area contributed by atoms with Crippen molar-refractivity contribution in [1.29, 1.82) is 0 Å². The van der Waals surface area contributed by atoms with E-state index >= 15 is 0 Å². The molecule has 2 N–H and O–H groups in total. The van der Waals surface area contributed by atoms with Crippen LogP contribution in [0.4, 0.5) is 5.69 Å². The van der Waals surface area contributed by atoms with Gasteiger partial charge in [0.1, 0.15) is 0 Å². The minimum atomic E-state index is -0.272. The molecule has 0 fully saturated rings. The van der Waals surface area contributed by atoms with Gasteiger partial charge in [0.05, 0.1) is 12.6 Å². The lowest BCUT2D eigenvalue weighted by Gasteiger charge is -2.19. The van der Waals surface area contributed by atoms with Crippen LogP contribution in [0.2, 0.25) is 10.0 Å². The molecule has 2 aromatic carbocycles. The number of halogens is 3. The van der Waals surface area contributed by atoms with E-state index in [-0.39, 0.29) is 12.6 Å². The van der Waals surface area contributed by atoms with Crippen molar-refractivity contribution in [3.8, 4) is 0 Å². The molecule has 0 aliphatic rings. The van der Waals surface area contributed by atoms with Gasteiger partial charge >= 0.3 is 0 Å². The van der Waals surface area contributed by atoms with Gasteiger partial charge in [-0.1, -0.05) is 45.2 Å². The first kappa shape index (κ1) is 14.7. The van der Waals surface area contributed by atoms with E-state index in [0.29, 0.717) is 10.0 Å². The predicted octanol–water partition coefficient (Wildman–Crippen LogP) is 4.90. The van der Waals surface area contributed by atoms with Gasteiger partial charge in [-0.3, -0.25) is 0 Å². The van der Waals surface area contributed by atoms with E-state index in [0.717, 1.165) is 15.7 Å². The zero-order valence-corrected chi connectivity index (χ0v) is 13.0. The normalized spacial score (nSPS) is 12.2. The van der Waals surface area contributed by atoms with E-state index < -0.39 is 0 Å². The lowest BCUT2D eigenvalue weighted by Crippen LogP contribution is -2.15. The fraction of sp³-hybridized carbons (Fsp3) is 0.143. The molecule has 0 amide bonds. The lowest BCUT2D eigenvalue weighted by atomic mass is 10.1. The molecule has 0 aromatic heterocycles. The molecule has 0 aliphatic carbocycles. The summed E-state index contributed by atoms with van der Waals surface area (Å²) >= 11 is 15.4. The Labute approximate surface area is 130 Å². The summed E-state index contributed by atoms with van der Waals surface area (Å²) in [5.74, 6) is 0. The highest BCUT2D eigenvalue weighted by Crippen LogP contribution is 2.28. The zero-order valence-electron chi connectivity index (χ0n) is 9.91. The van der Waals surface area contributed by atoms with E-state index in [1.165, 1.54) is 0 Å². The Morgan fingerprint density at radius 3 is 2.37 bits per heavy atom. The van der Waals surface area contributed by atoms with Crippen LogP contribution in [0.25, 0.3) is 0 Å². The molecule has 0 radical (unpaired) electrons. The van der Waals surface area contributed by atoms with Crippen LogP contribution in [-0.4, -0.2) is 11.7 Å². The topological polar surface area (TPSA) is 32.3 Å². The van der Waals surface area contributed by atoms with Crippen LogP contribution in [0.1, 0.15) is 11.6 Å². The smallest absolute Gasteiger partial charge is 0.0759 e. The van der Waals surface area contributed by atoms with Crippen LogP contribution < -0.4 is 5.32 Å². The highest BCUT2D eigenvalue weighted by Gasteiger charge is 2.14. The Balaban J connectivity index is 2.22. The second-order valence-electron chi connectivity index (χ2n) is 4.05. The van der Waals surface area contributed by atoms with Crippen LogP contribution in [0.15, 0.2) is 46.9 Å². The highest BCUT2D eigenvalue weighted by atomic mass is 79.9. The molecular formula is C14H12BrCl2NO. The molecule has 19 heavy (non-hydrogen) atoms. The van der Waals surface area contributed by atoms with E-state index in [1.807, 2.05) is 30.3 Å². The van der Waals surface area contributed by atoms with Crippen molar-refractivity contribution in [3.05, 3.63) is 62.5 Å². The molecule has 0 aliphatic heterocycles. The Bertz CT molecular complexity index is 560. The maximum atomic E-state index is 9.53. The van der Waals surface area contributed by atoms with Gasteiger partial charge in [0.25, 0.3) is 0 Å². The monoisotopic (exact) mass is 359 g/mol. The molecule has 2 nitrogen and oxygen atoms in total. The third-order valence-electron chi connectivity index (χ3n) is 2.71. The number of aliphatic hydroxyl groups is 1. The molecule has 0 heterocycles. The molecule has 2 rings (SSSR count). The van der Waals surface area contributed by atoms with Crippen LogP contribution >= 0.6 is 39.1 Å². The number of benzene rings is 2. The van der Waals surface area contributed by atoms with E-state index in [4.69, 9.17) is 23.2 Å². The molecule has 1 atom stereocenters. The van der Waals surface area contributed by atoms with Gasteiger partial charge in [0.2, 0.25) is 0 Å². The number of hydrogen-bond donors (Lipinski definition) is 2. The minimum absolute atomic E-state index is 0.0581. The van der Waals surface area contributed by atoms with Gasteiger partial charge in [0.15, 0.2) is 0 Å². The first-order chi connectivity index (χ1) is 9.10. The van der Waals surface area contributed by atoms with Gasteiger partial charge < -0.3 is 10.4 Å². The van der Waals surface area contributed by atoms with Crippen molar-refractivity contribution in [3.63, 3.8) is 0 Å². The molecule has 0 bridgehead atoms. The standard InChI is InChI=1S/C14H12BrCl2NO/c15-9-1-4-11(5-2-9)18-14(8-19)12-6-3-10(16)7-13(12)17/h1-7,14,18-19H,8H2. The van der Waals surface area contributed by atoms with Gasteiger partial charge in [-0.2, -0.15) is 0 Å². The van der Waals surface area contributed by atoms with Crippen molar-refractivity contribution in [1.82, 2.24) is 0 Å². The highest BCUT2D eigenvalue weighted by molar-refractivity contribution is 9.10. The first-order valence-corrected chi connectivity index (χ1v) is 7.23. The van der Waals surface area contributed by atoms with Crippen molar-refractivity contribution >= 4 is 44.8 Å². The third-order valence-corrected chi connectivity index (χ3v) is 3.80. The molecule has 0 saturated heterocycles. The Morgan fingerprint density at radius 1 is 1.11 bits per heavy atom. The summed E-state index contributed by atoms with van der Waals surface area (Å²) in [7, 11) is 0. The van der Waals surface area contributed by atoms with Crippen molar-refractivity contribution in [2.75, 3.05) is 11.9 Å². The number of aliphatic hydroxyl groups excluding tert-OH is 1. The fourth-order valence-electron chi connectivity index (χ4n) is 1.75. The fourth-order valence-corrected chi connectivity index (χ4v) is 2.56. The van der Waals surface area contributed by atoms with Gasteiger partial charge in [-0.05, 0) is 42.0 Å². The Kier molecular flexibility index (Phi) is 5.11. The molecule has 0 spiro atoms. The largest absolute Gasteiger partial charge is 0.394 e. The minimum Gasteiger partial charge on any atom is -0.394 e. The Morgan fingerprint density at radius 2 is 1.79 bits per heavy atom. The second-order valence-corrected chi connectivity index (χ2v) is 5.81. The summed E-state index contributed by atoms with van der Waals surface area (Å²) in [5, 5.41) is 13.9. The molecule has 0 saturated carbocycles. The SMILES string of the molecule is OCC(Nc1ccc(Br)cc1)c1ccc(Cl)cc1Cl. The average Bonchev–Trinajstić information content (AvgIpc) is 2.39. The molecule has 5 heteroatoms. The average molecular weight is 361 g/mol. The van der Waals surface area contributed by atoms with Gasteiger partial charge in [-0.15, -0.1) is 0 Å². The van der Waals surface area contributed by atoms with Crippen LogP contribution in [0, 0.1) is 0 Å². The molecule has 100 valence electrons. The van der Waals surface area contributed by atoms with Crippen LogP contribution in [0.3, 0.4) is 0 Å². The van der Waals surface area contributed by atoms with Crippen molar-refractivity contribution in [2.24, 2.45) is 0 Å². The second kappa shape index (κ2) is 6.62. The van der Waals surface area contributed by atoms with E-state index in [9.17, 15) is 5.11 Å². The van der Waals surface area contributed by atoms with E-state index in [2.05, 4.69) is 21.2 Å². The number of rotatable bonds is 4. The first-order valence-electron chi connectivity index (χ1n) is 5.68.